The Morgan fingerprint density at radius 2 is 2.16 bits per heavy atom. The molecule has 1 fully saturated rings. The van der Waals surface area contributed by atoms with E-state index < -0.39 is 16.6 Å². The molecule has 1 atom stereocenters. The van der Waals surface area contributed by atoms with E-state index in [1.54, 1.807) is 18.1 Å². The first-order chi connectivity index (χ1) is 15.4. The number of likely N-dealkylation sites (tertiary alicyclic amines) is 1. The average Bonchev–Trinajstić information content (AvgIpc) is 3.27. The molecular formula is C21H30N6O4S. The highest BCUT2D eigenvalue weighted by Gasteiger charge is 2.30. The lowest BCUT2D eigenvalue weighted by atomic mass is 9.95. The summed E-state index contributed by atoms with van der Waals surface area (Å²) in [5.74, 6) is -0.583. The van der Waals surface area contributed by atoms with Gasteiger partial charge in [-0.25, -0.2) is 0 Å². The van der Waals surface area contributed by atoms with Crippen molar-refractivity contribution in [3.05, 3.63) is 33.9 Å². The smallest absolute Gasteiger partial charge is 0.353 e. The van der Waals surface area contributed by atoms with Gasteiger partial charge in [0.25, 0.3) is 0 Å². The highest BCUT2D eigenvalue weighted by atomic mass is 32.2. The van der Waals surface area contributed by atoms with Gasteiger partial charge < -0.3 is 15.4 Å². The molecule has 1 saturated heterocycles. The summed E-state index contributed by atoms with van der Waals surface area (Å²) in [4.78, 5) is 35.8. The normalized spacial score (nSPS) is 18.4. The molecule has 1 aromatic rings. The van der Waals surface area contributed by atoms with Crippen LogP contribution in [0.15, 0.2) is 29.0 Å². The molecule has 0 bridgehead atoms. The van der Waals surface area contributed by atoms with Gasteiger partial charge in [-0.3, -0.25) is 19.8 Å². The molecule has 2 N–H and O–H groups in total. The van der Waals surface area contributed by atoms with Crippen LogP contribution in [0.25, 0.3) is 0 Å². The maximum absolute atomic E-state index is 12.3. The van der Waals surface area contributed by atoms with Crippen LogP contribution >= 0.6 is 11.8 Å². The molecule has 0 amide bonds. The number of carbonyl (C=O) groups is 1. The number of nitrogens with zero attached hydrogens (tertiary/aromatic N) is 5. The molecule has 0 radical (unpaired) electrons. The van der Waals surface area contributed by atoms with Crippen LogP contribution in [0.4, 0.5) is 17.3 Å². The standard InChI is InChI=1S/C21H30N6O4S/c1-3-31-17(28)14-26(20-18(27(29)30)19(22)23-21(24-20)32-2)13-16-8-6-15(7-9-16)12-25-10-4-5-11-25/h6-8,16H,3-5,9-14H2,1-2H3,(H2,22,23,24). The molecule has 10 nitrogen and oxygen atoms in total. The number of hydrogen-bond donors (Lipinski definition) is 1. The SMILES string of the molecule is CCOC(=O)CN(CC1C=CC(CN2CCCC2)=CC1)c1nc(SC)nc(N)c1[N+](=O)[O-]. The number of anilines is 2. The molecule has 0 saturated carbocycles. The van der Waals surface area contributed by atoms with E-state index in [2.05, 4.69) is 33.1 Å². The number of thioether (sulfide) groups is 1. The second-order valence-corrected chi connectivity index (χ2v) is 8.60. The van der Waals surface area contributed by atoms with Gasteiger partial charge in [0, 0.05) is 13.1 Å². The van der Waals surface area contributed by atoms with Gasteiger partial charge in [0.15, 0.2) is 5.16 Å². The molecule has 1 unspecified atom stereocenters. The molecule has 1 aliphatic heterocycles. The predicted molar refractivity (Wildman–Crippen MR) is 125 cm³/mol. The summed E-state index contributed by atoms with van der Waals surface area (Å²) in [6, 6.07) is 0. The number of hydrogen-bond acceptors (Lipinski definition) is 10. The summed E-state index contributed by atoms with van der Waals surface area (Å²) >= 11 is 1.23. The molecular weight excluding hydrogens is 432 g/mol. The van der Waals surface area contributed by atoms with Crippen LogP contribution in [0.3, 0.4) is 0 Å². The quantitative estimate of drug-likeness (QED) is 0.182. The van der Waals surface area contributed by atoms with Gasteiger partial charge in [0.05, 0.1) is 11.5 Å². The monoisotopic (exact) mass is 462 g/mol. The lowest BCUT2D eigenvalue weighted by Crippen LogP contribution is -2.36. The Bertz CT molecular complexity index is 901. The number of nitrogen functional groups attached to an aromatic ring is 1. The molecule has 0 spiro atoms. The lowest BCUT2D eigenvalue weighted by Gasteiger charge is -2.27. The molecule has 174 valence electrons. The van der Waals surface area contributed by atoms with E-state index in [0.29, 0.717) is 11.7 Å². The Morgan fingerprint density at radius 1 is 1.41 bits per heavy atom. The minimum Gasteiger partial charge on any atom is -0.465 e. The van der Waals surface area contributed by atoms with E-state index in [0.717, 1.165) is 26.1 Å². The van der Waals surface area contributed by atoms with Crippen molar-refractivity contribution >= 4 is 35.1 Å². The molecule has 1 aromatic heterocycles. The van der Waals surface area contributed by atoms with E-state index in [4.69, 9.17) is 10.5 Å². The number of nitrogens with two attached hydrogens (primary N) is 1. The number of nitro groups is 1. The zero-order chi connectivity index (χ0) is 23.1. The third kappa shape index (κ3) is 6.19. The second-order valence-electron chi connectivity index (χ2n) is 7.83. The Kier molecular flexibility index (Phi) is 8.46. The van der Waals surface area contributed by atoms with E-state index in [9.17, 15) is 14.9 Å². The van der Waals surface area contributed by atoms with Crippen molar-refractivity contribution < 1.29 is 14.5 Å². The van der Waals surface area contributed by atoms with E-state index in [1.165, 1.54) is 30.2 Å². The van der Waals surface area contributed by atoms with E-state index in [1.807, 2.05) is 0 Å². The van der Waals surface area contributed by atoms with Gasteiger partial charge in [-0.05, 0) is 57.0 Å². The van der Waals surface area contributed by atoms with Crippen LogP contribution in [-0.2, 0) is 9.53 Å². The lowest BCUT2D eigenvalue weighted by molar-refractivity contribution is -0.383. The van der Waals surface area contributed by atoms with Crippen molar-refractivity contribution in [2.24, 2.45) is 5.92 Å². The first kappa shape index (κ1) is 24.0. The van der Waals surface area contributed by atoms with Gasteiger partial charge in [-0.1, -0.05) is 30.0 Å². The summed E-state index contributed by atoms with van der Waals surface area (Å²) in [7, 11) is 0. The zero-order valence-corrected chi connectivity index (χ0v) is 19.3. The largest absolute Gasteiger partial charge is 0.465 e. The number of carbonyl (C=O) groups excluding carboxylic acids is 1. The third-order valence-corrected chi connectivity index (χ3v) is 6.03. The van der Waals surface area contributed by atoms with Crippen LogP contribution in [0.1, 0.15) is 26.2 Å². The first-order valence-corrected chi connectivity index (χ1v) is 12.0. The van der Waals surface area contributed by atoms with Gasteiger partial charge in [-0.2, -0.15) is 9.97 Å². The van der Waals surface area contributed by atoms with Crippen molar-refractivity contribution in [2.75, 3.05) is 56.2 Å². The summed E-state index contributed by atoms with van der Waals surface area (Å²) in [5, 5.41) is 12.0. The highest BCUT2D eigenvalue weighted by molar-refractivity contribution is 7.98. The summed E-state index contributed by atoms with van der Waals surface area (Å²) in [6.45, 7) is 5.37. The maximum atomic E-state index is 12.3. The fourth-order valence-corrected chi connectivity index (χ4v) is 4.33. The number of rotatable bonds is 10. The number of esters is 1. The molecule has 2 aliphatic rings. The zero-order valence-electron chi connectivity index (χ0n) is 18.5. The Balaban J connectivity index is 1.81. The number of aromatic nitrogens is 2. The van der Waals surface area contributed by atoms with Crippen molar-refractivity contribution in [1.29, 1.82) is 0 Å². The molecule has 0 aromatic carbocycles. The Labute approximate surface area is 192 Å². The average molecular weight is 463 g/mol. The minimum absolute atomic E-state index is 0.0418. The fourth-order valence-electron chi connectivity index (χ4n) is 3.96. The highest BCUT2D eigenvalue weighted by Crippen LogP contribution is 2.34. The summed E-state index contributed by atoms with van der Waals surface area (Å²) < 4.78 is 5.10. The van der Waals surface area contributed by atoms with Crippen LogP contribution in [0.2, 0.25) is 0 Å². The minimum atomic E-state index is -0.600. The van der Waals surface area contributed by atoms with Gasteiger partial charge in [0.1, 0.15) is 6.54 Å². The fraction of sp³-hybridized carbons (Fsp3) is 0.571. The summed E-state index contributed by atoms with van der Waals surface area (Å²) in [5.41, 5.74) is 6.77. The van der Waals surface area contributed by atoms with Gasteiger partial charge >= 0.3 is 11.7 Å². The predicted octanol–water partition coefficient (Wildman–Crippen LogP) is 2.66. The first-order valence-electron chi connectivity index (χ1n) is 10.8. The topological polar surface area (TPSA) is 128 Å². The number of ether oxygens (including phenoxy) is 1. The Morgan fingerprint density at radius 3 is 2.75 bits per heavy atom. The van der Waals surface area contributed by atoms with Crippen molar-refractivity contribution in [3.8, 4) is 0 Å². The summed E-state index contributed by atoms with van der Waals surface area (Å²) in [6.07, 6.45) is 11.5. The molecule has 32 heavy (non-hydrogen) atoms. The van der Waals surface area contributed by atoms with Crippen molar-refractivity contribution in [3.63, 3.8) is 0 Å². The molecule has 1 aliphatic carbocycles. The van der Waals surface area contributed by atoms with Crippen molar-refractivity contribution in [2.45, 2.75) is 31.3 Å². The van der Waals surface area contributed by atoms with Crippen molar-refractivity contribution in [1.82, 2.24) is 14.9 Å². The van der Waals surface area contributed by atoms with E-state index in [-0.39, 0.29) is 30.7 Å². The third-order valence-electron chi connectivity index (χ3n) is 5.49. The van der Waals surface area contributed by atoms with Crippen LogP contribution in [-0.4, -0.2) is 71.3 Å². The second kappa shape index (κ2) is 11.3. The number of allylic oxidation sites excluding steroid dienone is 1. The Hall–Kier alpha value is -2.66. The maximum Gasteiger partial charge on any atom is 0.353 e. The van der Waals surface area contributed by atoms with Crippen LogP contribution in [0, 0.1) is 16.0 Å². The van der Waals surface area contributed by atoms with Gasteiger partial charge in [-0.15, -0.1) is 0 Å². The molecule has 11 heteroatoms. The molecule has 3 rings (SSSR count). The van der Waals surface area contributed by atoms with Crippen LogP contribution in [0.5, 0.6) is 0 Å². The van der Waals surface area contributed by atoms with Crippen LogP contribution < -0.4 is 10.6 Å². The van der Waals surface area contributed by atoms with Gasteiger partial charge in [0.2, 0.25) is 11.6 Å². The molecule has 2 heterocycles. The van der Waals surface area contributed by atoms with E-state index >= 15 is 0 Å².